The molecule has 2 aromatic rings. The second-order valence-electron chi connectivity index (χ2n) is 8.70. The zero-order valence-corrected chi connectivity index (χ0v) is 20.0. The molecule has 0 bridgehead atoms. The molecule has 4 atom stereocenters. The number of esters is 1. The van der Waals surface area contributed by atoms with Crippen molar-refractivity contribution in [3.8, 4) is 5.75 Å². The van der Waals surface area contributed by atoms with E-state index < -0.39 is 46.8 Å². The number of carbonyl (C=O) groups excluding carboxylic acids is 3. The number of amides is 2. The number of non-ortho nitro benzene ring substituents is 1. The largest absolute Gasteiger partial charge is 0.426 e. The first-order valence-corrected chi connectivity index (χ1v) is 11.4. The van der Waals surface area contributed by atoms with Crippen LogP contribution in [0.15, 0.2) is 54.6 Å². The van der Waals surface area contributed by atoms with Crippen LogP contribution in [0, 0.1) is 23.0 Å². The molecule has 2 amide bonds. The van der Waals surface area contributed by atoms with Gasteiger partial charge in [-0.05, 0) is 37.1 Å². The molecule has 4 rings (SSSR count). The molecule has 36 heavy (non-hydrogen) atoms. The number of anilines is 2. The van der Waals surface area contributed by atoms with E-state index in [2.05, 4.69) is 5.43 Å². The highest BCUT2D eigenvalue weighted by Crippen LogP contribution is 2.37. The number of hydrogen-bond donors (Lipinski definition) is 2. The predicted molar refractivity (Wildman–Crippen MR) is 130 cm³/mol. The van der Waals surface area contributed by atoms with Gasteiger partial charge in [0.25, 0.3) is 11.6 Å². The normalized spacial score (nSPS) is 22.3. The Kier molecular flexibility index (Phi) is 6.86. The van der Waals surface area contributed by atoms with Crippen LogP contribution in [0.25, 0.3) is 0 Å². The zero-order valence-electron chi connectivity index (χ0n) is 20.0. The minimum Gasteiger partial charge on any atom is -0.426 e. The van der Waals surface area contributed by atoms with Crippen molar-refractivity contribution in [2.75, 3.05) is 10.3 Å². The first-order valence-electron chi connectivity index (χ1n) is 11.4. The van der Waals surface area contributed by atoms with Gasteiger partial charge in [0.15, 0.2) is 0 Å². The van der Waals surface area contributed by atoms with Gasteiger partial charge < -0.3 is 15.3 Å². The number of ether oxygens (including phenoxy) is 1. The molecule has 1 saturated heterocycles. The molecule has 1 fully saturated rings. The lowest BCUT2D eigenvalue weighted by Crippen LogP contribution is -2.57. The second-order valence-corrected chi connectivity index (χ2v) is 8.70. The fourth-order valence-corrected chi connectivity index (χ4v) is 4.42. The van der Waals surface area contributed by atoms with Gasteiger partial charge in [0.1, 0.15) is 11.8 Å². The Morgan fingerprint density at radius 1 is 1.17 bits per heavy atom. The Balaban J connectivity index is 1.70. The van der Waals surface area contributed by atoms with Crippen LogP contribution < -0.4 is 15.1 Å². The molecule has 0 radical (unpaired) electrons. The third kappa shape index (κ3) is 4.58. The third-order valence-electron chi connectivity index (χ3n) is 6.29. The van der Waals surface area contributed by atoms with Gasteiger partial charge in [0.2, 0.25) is 5.91 Å². The van der Waals surface area contributed by atoms with Gasteiger partial charge in [-0.15, -0.1) is 0 Å². The van der Waals surface area contributed by atoms with Crippen molar-refractivity contribution in [1.82, 2.24) is 5.01 Å². The molecule has 0 saturated carbocycles. The molecule has 2 aliphatic heterocycles. The van der Waals surface area contributed by atoms with Crippen LogP contribution in [0.2, 0.25) is 0 Å². The second kappa shape index (κ2) is 9.88. The summed E-state index contributed by atoms with van der Waals surface area (Å²) in [6.45, 7) is 4.80. The van der Waals surface area contributed by atoms with Gasteiger partial charge in [-0.3, -0.25) is 24.5 Å². The summed E-state index contributed by atoms with van der Waals surface area (Å²) in [6.07, 6.45) is 2.85. The lowest BCUT2D eigenvalue weighted by molar-refractivity contribution is -0.384. The molecule has 11 nitrogen and oxygen atoms in total. The van der Waals surface area contributed by atoms with Gasteiger partial charge in [-0.2, -0.15) is 0 Å². The number of imide groups is 1. The van der Waals surface area contributed by atoms with Gasteiger partial charge in [-0.25, -0.2) is 9.91 Å². The van der Waals surface area contributed by atoms with E-state index in [1.54, 1.807) is 38.1 Å². The Bertz CT molecular complexity index is 1240. The summed E-state index contributed by atoms with van der Waals surface area (Å²) < 4.78 is 5.22. The number of nitro benzene ring substituents is 1. The highest BCUT2D eigenvalue weighted by atomic mass is 16.6. The molecular weight excluding hydrogens is 468 g/mol. The fourth-order valence-electron chi connectivity index (χ4n) is 4.42. The van der Waals surface area contributed by atoms with Crippen LogP contribution >= 0.6 is 0 Å². The standard InChI is InChI=1S/C25H26N4O7/c1-4-21(31)20-12-11-19-23(28(20)26-16-6-9-17(10-7-16)29(34)35)25(33)27(24(19)32)18-8-5-14(2)22(13-18)36-15(3)30/h5-13,19-21,23,26,31H,4H2,1-3H3/t19-,20-,21-,23+/m1/s1. The van der Waals surface area contributed by atoms with E-state index in [4.69, 9.17) is 4.74 Å². The number of benzene rings is 2. The van der Waals surface area contributed by atoms with Crippen LogP contribution in [-0.4, -0.2) is 51.0 Å². The van der Waals surface area contributed by atoms with Gasteiger partial charge >= 0.3 is 5.97 Å². The van der Waals surface area contributed by atoms with E-state index in [0.717, 1.165) is 4.90 Å². The summed E-state index contributed by atoms with van der Waals surface area (Å²) in [7, 11) is 0. The molecule has 2 aromatic carbocycles. The minimum absolute atomic E-state index is 0.0941. The molecule has 2 aliphatic rings. The van der Waals surface area contributed by atoms with E-state index in [0.29, 0.717) is 17.7 Å². The van der Waals surface area contributed by atoms with E-state index in [-0.39, 0.29) is 17.1 Å². The van der Waals surface area contributed by atoms with Crippen molar-refractivity contribution < 1.29 is 29.2 Å². The van der Waals surface area contributed by atoms with Crippen molar-refractivity contribution in [1.29, 1.82) is 0 Å². The SMILES string of the molecule is CC[C@@H](O)[C@H]1C=C[C@H]2C(=O)N(c3ccc(C)c(OC(C)=O)c3)C(=O)[C@H]2N1Nc1ccc([N+](=O)[O-])cc1. The highest BCUT2D eigenvalue weighted by molar-refractivity contribution is 6.24. The molecular formula is C25H26N4O7. The summed E-state index contributed by atoms with van der Waals surface area (Å²) in [6, 6.07) is 8.73. The summed E-state index contributed by atoms with van der Waals surface area (Å²) in [4.78, 5) is 50.1. The number of hydrogen-bond acceptors (Lipinski definition) is 9. The van der Waals surface area contributed by atoms with E-state index in [9.17, 15) is 29.6 Å². The summed E-state index contributed by atoms with van der Waals surface area (Å²) in [5.41, 5.74) is 4.37. The topological polar surface area (TPSA) is 142 Å². The maximum absolute atomic E-state index is 13.7. The molecule has 0 unspecified atom stereocenters. The van der Waals surface area contributed by atoms with Crippen molar-refractivity contribution >= 4 is 34.8 Å². The number of carbonyl (C=O) groups is 3. The number of nitro groups is 1. The Labute approximate surface area is 207 Å². The number of hydrazine groups is 1. The first-order chi connectivity index (χ1) is 17.1. The fraction of sp³-hybridized carbons (Fsp3) is 0.320. The van der Waals surface area contributed by atoms with Crippen LogP contribution in [0.5, 0.6) is 5.75 Å². The number of nitrogens with zero attached hydrogens (tertiary/aromatic N) is 3. The Morgan fingerprint density at radius 2 is 1.86 bits per heavy atom. The molecule has 0 aliphatic carbocycles. The first kappa shape index (κ1) is 25.0. The number of aryl methyl sites for hydroxylation is 1. The van der Waals surface area contributed by atoms with E-state index in [1.807, 2.05) is 0 Å². The molecule has 188 valence electrons. The molecule has 0 spiro atoms. The maximum Gasteiger partial charge on any atom is 0.308 e. The van der Waals surface area contributed by atoms with Crippen molar-refractivity contribution in [3.63, 3.8) is 0 Å². The zero-order chi connectivity index (χ0) is 26.1. The average Bonchev–Trinajstić information content (AvgIpc) is 3.10. The quantitative estimate of drug-likeness (QED) is 0.148. The van der Waals surface area contributed by atoms with Crippen molar-refractivity contribution in [3.05, 3.63) is 70.3 Å². The lowest BCUT2D eigenvalue weighted by atomic mass is 9.92. The summed E-state index contributed by atoms with van der Waals surface area (Å²) >= 11 is 0. The number of rotatable bonds is 7. The smallest absolute Gasteiger partial charge is 0.308 e. The highest BCUT2D eigenvalue weighted by Gasteiger charge is 2.54. The van der Waals surface area contributed by atoms with Crippen LogP contribution in [0.4, 0.5) is 17.1 Å². The number of aliphatic hydroxyl groups excluding tert-OH is 1. The molecule has 11 heteroatoms. The molecule has 2 N–H and O–H groups in total. The van der Waals surface area contributed by atoms with E-state index >= 15 is 0 Å². The number of fused-ring (bicyclic) bond motifs is 1. The van der Waals surface area contributed by atoms with Crippen LogP contribution in [-0.2, 0) is 14.4 Å². The van der Waals surface area contributed by atoms with Gasteiger partial charge in [-0.1, -0.05) is 25.1 Å². The van der Waals surface area contributed by atoms with Crippen LogP contribution in [0.1, 0.15) is 25.8 Å². The minimum atomic E-state index is -0.984. The summed E-state index contributed by atoms with van der Waals surface area (Å²) in [5.74, 6) is -2.10. The maximum atomic E-state index is 13.7. The summed E-state index contributed by atoms with van der Waals surface area (Å²) in [5, 5.41) is 23.2. The van der Waals surface area contributed by atoms with Gasteiger partial charge in [0.05, 0.1) is 28.7 Å². The van der Waals surface area contributed by atoms with Crippen molar-refractivity contribution in [2.24, 2.45) is 5.92 Å². The average molecular weight is 495 g/mol. The van der Waals surface area contributed by atoms with Gasteiger partial charge in [0, 0.05) is 30.8 Å². The number of aliphatic hydroxyl groups is 1. The van der Waals surface area contributed by atoms with Crippen LogP contribution in [0.3, 0.4) is 0 Å². The molecule has 0 aromatic heterocycles. The Hall–Kier alpha value is -4.09. The Morgan fingerprint density at radius 3 is 2.47 bits per heavy atom. The molecule has 2 heterocycles. The lowest BCUT2D eigenvalue weighted by Gasteiger charge is -2.40. The predicted octanol–water partition coefficient (Wildman–Crippen LogP) is 2.72. The van der Waals surface area contributed by atoms with E-state index in [1.165, 1.54) is 42.3 Å². The third-order valence-corrected chi connectivity index (χ3v) is 6.29. The number of nitrogens with one attached hydrogen (secondary N) is 1. The van der Waals surface area contributed by atoms with Crippen molar-refractivity contribution in [2.45, 2.75) is 45.4 Å². The monoisotopic (exact) mass is 494 g/mol.